The van der Waals surface area contributed by atoms with Crippen LogP contribution in [0.2, 0.25) is 0 Å². The SMILES string of the molecule is CC(C)(C#N)CCOc1ccc(CCl)cc1F. The van der Waals surface area contributed by atoms with Gasteiger partial charge in [0.2, 0.25) is 0 Å². The zero-order valence-electron chi connectivity index (χ0n) is 9.96. The highest BCUT2D eigenvalue weighted by Gasteiger charge is 2.16. The molecule has 0 atom stereocenters. The van der Waals surface area contributed by atoms with E-state index in [0.717, 1.165) is 0 Å². The van der Waals surface area contributed by atoms with Gasteiger partial charge >= 0.3 is 0 Å². The molecule has 0 amide bonds. The first-order valence-corrected chi connectivity index (χ1v) is 5.90. The van der Waals surface area contributed by atoms with Gasteiger partial charge in [-0.25, -0.2) is 4.39 Å². The van der Waals surface area contributed by atoms with Crippen molar-refractivity contribution in [3.63, 3.8) is 0 Å². The molecule has 0 aliphatic heterocycles. The van der Waals surface area contributed by atoms with Crippen LogP contribution in [-0.2, 0) is 5.88 Å². The number of ether oxygens (including phenoxy) is 1. The third-order valence-electron chi connectivity index (χ3n) is 2.44. The van der Waals surface area contributed by atoms with Crippen LogP contribution in [0.15, 0.2) is 18.2 Å². The lowest BCUT2D eigenvalue weighted by molar-refractivity contribution is 0.254. The summed E-state index contributed by atoms with van der Waals surface area (Å²) in [5.74, 6) is 0.0593. The van der Waals surface area contributed by atoms with E-state index in [-0.39, 0.29) is 11.6 Å². The average molecular weight is 256 g/mol. The number of nitrogens with zero attached hydrogens (tertiary/aromatic N) is 1. The highest BCUT2D eigenvalue weighted by molar-refractivity contribution is 6.17. The number of nitriles is 1. The Morgan fingerprint density at radius 3 is 2.71 bits per heavy atom. The van der Waals surface area contributed by atoms with Crippen LogP contribution in [0, 0.1) is 22.6 Å². The number of alkyl halides is 1. The first-order chi connectivity index (χ1) is 7.98. The Hall–Kier alpha value is -1.27. The minimum atomic E-state index is -0.452. The van der Waals surface area contributed by atoms with Crippen molar-refractivity contribution in [3.8, 4) is 11.8 Å². The summed E-state index contributed by atoms with van der Waals surface area (Å²) in [6.07, 6.45) is 0.556. The normalized spacial score (nSPS) is 11.0. The van der Waals surface area contributed by atoms with Gasteiger partial charge in [0.15, 0.2) is 11.6 Å². The van der Waals surface area contributed by atoms with Crippen LogP contribution in [0.1, 0.15) is 25.8 Å². The summed E-state index contributed by atoms with van der Waals surface area (Å²) in [6, 6.07) is 6.81. The van der Waals surface area contributed by atoms with Crippen molar-refractivity contribution < 1.29 is 9.13 Å². The predicted octanol–water partition coefficient (Wildman–Crippen LogP) is 3.88. The van der Waals surface area contributed by atoms with Gasteiger partial charge in [0.25, 0.3) is 0 Å². The van der Waals surface area contributed by atoms with E-state index in [1.54, 1.807) is 12.1 Å². The lowest BCUT2D eigenvalue weighted by atomic mass is 9.92. The van der Waals surface area contributed by atoms with Gasteiger partial charge in [0.05, 0.1) is 18.1 Å². The molecule has 4 heteroatoms. The third kappa shape index (κ3) is 4.24. The summed E-state index contributed by atoms with van der Waals surface area (Å²) in [5, 5.41) is 8.82. The highest BCUT2D eigenvalue weighted by Crippen LogP contribution is 2.22. The first-order valence-electron chi connectivity index (χ1n) is 5.37. The van der Waals surface area contributed by atoms with Gasteiger partial charge in [-0.05, 0) is 38.0 Å². The van der Waals surface area contributed by atoms with Crippen molar-refractivity contribution in [1.29, 1.82) is 5.26 Å². The Balaban J connectivity index is 2.56. The zero-order chi connectivity index (χ0) is 12.9. The van der Waals surface area contributed by atoms with Crippen molar-refractivity contribution in [3.05, 3.63) is 29.6 Å². The third-order valence-corrected chi connectivity index (χ3v) is 2.75. The molecular formula is C13H15ClFNO. The summed E-state index contributed by atoms with van der Waals surface area (Å²) < 4.78 is 18.8. The van der Waals surface area contributed by atoms with Crippen molar-refractivity contribution in [2.45, 2.75) is 26.1 Å². The fraction of sp³-hybridized carbons (Fsp3) is 0.462. The molecule has 92 valence electrons. The molecule has 0 saturated carbocycles. The zero-order valence-corrected chi connectivity index (χ0v) is 10.7. The largest absolute Gasteiger partial charge is 0.490 e. The number of benzene rings is 1. The van der Waals surface area contributed by atoms with Crippen LogP contribution >= 0.6 is 11.6 Å². The molecule has 0 aliphatic rings. The predicted molar refractivity (Wildman–Crippen MR) is 65.5 cm³/mol. The van der Waals surface area contributed by atoms with E-state index < -0.39 is 11.2 Å². The average Bonchev–Trinajstić information content (AvgIpc) is 2.31. The summed E-state index contributed by atoms with van der Waals surface area (Å²) >= 11 is 5.59. The molecule has 0 heterocycles. The van der Waals surface area contributed by atoms with E-state index in [0.29, 0.717) is 18.6 Å². The van der Waals surface area contributed by atoms with Gasteiger partial charge in [-0.3, -0.25) is 0 Å². The van der Waals surface area contributed by atoms with Crippen LogP contribution in [-0.4, -0.2) is 6.61 Å². The maximum absolute atomic E-state index is 13.5. The molecule has 0 aromatic heterocycles. The minimum absolute atomic E-state index is 0.201. The number of hydrogen-bond acceptors (Lipinski definition) is 2. The van der Waals surface area contributed by atoms with Gasteiger partial charge in [-0.15, -0.1) is 11.6 Å². The molecule has 1 rings (SSSR count). The van der Waals surface area contributed by atoms with E-state index in [4.69, 9.17) is 21.6 Å². The van der Waals surface area contributed by atoms with E-state index in [1.807, 2.05) is 13.8 Å². The number of halogens is 2. The molecule has 0 spiro atoms. The molecule has 0 bridgehead atoms. The Kier molecular flexibility index (Phi) is 4.77. The monoisotopic (exact) mass is 255 g/mol. The fourth-order valence-corrected chi connectivity index (χ4v) is 1.38. The molecule has 0 fully saturated rings. The van der Waals surface area contributed by atoms with Gasteiger partial charge in [-0.1, -0.05) is 6.07 Å². The molecule has 0 radical (unpaired) electrons. The van der Waals surface area contributed by atoms with E-state index in [2.05, 4.69) is 6.07 Å². The Morgan fingerprint density at radius 2 is 2.18 bits per heavy atom. The molecule has 0 saturated heterocycles. The fourth-order valence-electron chi connectivity index (χ4n) is 1.22. The molecule has 1 aromatic carbocycles. The first kappa shape index (κ1) is 13.8. The van der Waals surface area contributed by atoms with Gasteiger partial charge < -0.3 is 4.74 Å². The lowest BCUT2D eigenvalue weighted by Gasteiger charge is -2.15. The number of rotatable bonds is 5. The van der Waals surface area contributed by atoms with Crippen molar-refractivity contribution >= 4 is 11.6 Å². The van der Waals surface area contributed by atoms with Gasteiger partial charge in [0.1, 0.15) is 0 Å². The molecule has 0 N–H and O–H groups in total. The Labute approximate surface area is 106 Å². The molecule has 0 aliphatic carbocycles. The summed E-state index contributed by atoms with van der Waals surface area (Å²) in [6.45, 7) is 3.96. The molecule has 17 heavy (non-hydrogen) atoms. The van der Waals surface area contributed by atoms with Crippen molar-refractivity contribution in [1.82, 2.24) is 0 Å². The molecule has 2 nitrogen and oxygen atoms in total. The van der Waals surface area contributed by atoms with E-state index in [1.165, 1.54) is 6.07 Å². The molecule has 1 aromatic rings. The standard InChI is InChI=1S/C13H15ClFNO/c1-13(2,9-16)5-6-17-12-4-3-10(8-14)7-11(12)15/h3-4,7H,5-6,8H2,1-2H3. The Morgan fingerprint density at radius 1 is 1.47 bits per heavy atom. The maximum atomic E-state index is 13.5. The van der Waals surface area contributed by atoms with Crippen molar-refractivity contribution in [2.75, 3.05) is 6.61 Å². The van der Waals surface area contributed by atoms with Gasteiger partial charge in [0, 0.05) is 5.88 Å². The van der Waals surface area contributed by atoms with Crippen LogP contribution in [0.4, 0.5) is 4.39 Å². The van der Waals surface area contributed by atoms with Gasteiger partial charge in [-0.2, -0.15) is 5.26 Å². The maximum Gasteiger partial charge on any atom is 0.165 e. The quantitative estimate of drug-likeness (QED) is 0.748. The topological polar surface area (TPSA) is 33.0 Å². The van der Waals surface area contributed by atoms with Crippen LogP contribution in [0.3, 0.4) is 0 Å². The van der Waals surface area contributed by atoms with Crippen LogP contribution in [0.5, 0.6) is 5.75 Å². The lowest BCUT2D eigenvalue weighted by Crippen LogP contribution is -2.13. The smallest absolute Gasteiger partial charge is 0.165 e. The second-order valence-electron chi connectivity index (χ2n) is 4.49. The molecule has 0 unspecified atom stereocenters. The second kappa shape index (κ2) is 5.88. The van der Waals surface area contributed by atoms with Crippen molar-refractivity contribution in [2.24, 2.45) is 5.41 Å². The second-order valence-corrected chi connectivity index (χ2v) is 4.76. The Bertz CT molecular complexity index is 426. The van der Waals surface area contributed by atoms with E-state index in [9.17, 15) is 4.39 Å². The van der Waals surface area contributed by atoms with Crippen LogP contribution < -0.4 is 4.74 Å². The van der Waals surface area contributed by atoms with E-state index >= 15 is 0 Å². The number of hydrogen-bond donors (Lipinski definition) is 0. The minimum Gasteiger partial charge on any atom is -0.490 e. The van der Waals surface area contributed by atoms with Crippen LogP contribution in [0.25, 0.3) is 0 Å². The highest BCUT2D eigenvalue weighted by atomic mass is 35.5. The summed E-state index contributed by atoms with van der Waals surface area (Å²) in [7, 11) is 0. The molecular weight excluding hydrogens is 241 g/mol. The summed E-state index contributed by atoms with van der Waals surface area (Å²) in [4.78, 5) is 0. The summed E-state index contributed by atoms with van der Waals surface area (Å²) in [5.41, 5.74) is 0.265.